The normalized spacial score (nSPS) is 11.4. The number of methoxy groups -OCH3 is 1. The number of para-hydroxylation sites is 2. The SMILES string of the molecule is COc1cc2c(cc1NC(=O)C/C(C)=N\NC(=O)COc1ccccc1C)oc1ccccc12. The number of amides is 2. The highest BCUT2D eigenvalue weighted by molar-refractivity contribution is 6.10. The van der Waals surface area contributed by atoms with Gasteiger partial charge in [0, 0.05) is 22.6 Å². The Hall–Kier alpha value is -4.33. The summed E-state index contributed by atoms with van der Waals surface area (Å²) in [7, 11) is 1.54. The largest absolute Gasteiger partial charge is 0.495 e. The molecule has 1 heterocycles. The number of ether oxygens (including phenoxy) is 2. The lowest BCUT2D eigenvalue weighted by molar-refractivity contribution is -0.123. The molecule has 0 saturated heterocycles. The standard InChI is InChI=1S/C26H25N3O5/c1-16-8-4-6-10-21(16)33-15-26(31)29-28-17(2)12-25(30)27-20-14-23-19(13-24(20)32-3)18-9-5-7-11-22(18)34-23/h4-11,13-14H,12,15H2,1-3H3,(H,27,30)(H,29,31)/b28-17-. The number of rotatable bonds is 8. The molecule has 0 unspecified atom stereocenters. The molecule has 0 fully saturated rings. The van der Waals surface area contributed by atoms with Gasteiger partial charge in [-0.1, -0.05) is 36.4 Å². The second-order valence-electron chi connectivity index (χ2n) is 7.81. The number of hydrogen-bond donors (Lipinski definition) is 2. The molecule has 8 heteroatoms. The van der Waals surface area contributed by atoms with Crippen LogP contribution in [0.15, 0.2) is 70.2 Å². The molecule has 0 aliphatic rings. The lowest BCUT2D eigenvalue weighted by Crippen LogP contribution is -2.26. The Kier molecular flexibility index (Phi) is 6.77. The molecular weight excluding hydrogens is 434 g/mol. The summed E-state index contributed by atoms with van der Waals surface area (Å²) in [6.07, 6.45) is -0.0136. The summed E-state index contributed by atoms with van der Waals surface area (Å²) in [5, 5.41) is 8.69. The van der Waals surface area contributed by atoms with Gasteiger partial charge in [-0.2, -0.15) is 5.10 Å². The van der Waals surface area contributed by atoms with Gasteiger partial charge in [0.1, 0.15) is 22.7 Å². The number of aryl methyl sites for hydroxylation is 1. The van der Waals surface area contributed by atoms with Crippen molar-refractivity contribution in [1.82, 2.24) is 5.43 Å². The van der Waals surface area contributed by atoms with E-state index in [1.54, 1.807) is 26.2 Å². The summed E-state index contributed by atoms with van der Waals surface area (Å²) >= 11 is 0. The van der Waals surface area contributed by atoms with Gasteiger partial charge in [-0.15, -0.1) is 0 Å². The van der Waals surface area contributed by atoms with E-state index in [4.69, 9.17) is 13.9 Å². The number of carbonyl (C=O) groups excluding carboxylic acids is 2. The van der Waals surface area contributed by atoms with E-state index in [2.05, 4.69) is 15.8 Å². The van der Waals surface area contributed by atoms with Crippen molar-refractivity contribution in [1.29, 1.82) is 0 Å². The van der Waals surface area contributed by atoms with Crippen LogP contribution in [0, 0.1) is 6.92 Å². The fraction of sp³-hybridized carbons (Fsp3) is 0.192. The Morgan fingerprint density at radius 3 is 2.50 bits per heavy atom. The molecule has 174 valence electrons. The summed E-state index contributed by atoms with van der Waals surface area (Å²) in [5.74, 6) is 0.428. The molecule has 0 saturated carbocycles. The number of nitrogens with one attached hydrogen (secondary N) is 2. The Balaban J connectivity index is 1.36. The maximum atomic E-state index is 12.6. The first-order valence-corrected chi connectivity index (χ1v) is 10.7. The summed E-state index contributed by atoms with van der Waals surface area (Å²) in [4.78, 5) is 24.6. The topological polar surface area (TPSA) is 102 Å². The van der Waals surface area contributed by atoms with Crippen molar-refractivity contribution in [2.45, 2.75) is 20.3 Å². The van der Waals surface area contributed by atoms with Crippen molar-refractivity contribution >= 4 is 45.2 Å². The van der Waals surface area contributed by atoms with Gasteiger partial charge in [0.05, 0.1) is 19.2 Å². The van der Waals surface area contributed by atoms with Crippen LogP contribution in [0.4, 0.5) is 5.69 Å². The molecule has 2 N–H and O–H groups in total. The van der Waals surface area contributed by atoms with Gasteiger partial charge >= 0.3 is 0 Å². The van der Waals surface area contributed by atoms with Crippen LogP contribution in [-0.4, -0.2) is 31.2 Å². The summed E-state index contributed by atoms with van der Waals surface area (Å²) in [6.45, 7) is 3.37. The second kappa shape index (κ2) is 10.1. The molecule has 3 aromatic carbocycles. The van der Waals surface area contributed by atoms with Crippen LogP contribution in [0.3, 0.4) is 0 Å². The third-order valence-corrected chi connectivity index (χ3v) is 5.21. The number of nitrogens with zero attached hydrogens (tertiary/aromatic N) is 1. The number of hydrazone groups is 1. The zero-order valence-corrected chi connectivity index (χ0v) is 19.2. The maximum absolute atomic E-state index is 12.6. The van der Waals surface area contributed by atoms with E-state index < -0.39 is 5.91 Å². The van der Waals surface area contributed by atoms with Crippen molar-refractivity contribution < 1.29 is 23.5 Å². The zero-order valence-electron chi connectivity index (χ0n) is 19.2. The number of benzene rings is 3. The molecule has 0 radical (unpaired) electrons. The lowest BCUT2D eigenvalue weighted by atomic mass is 10.1. The van der Waals surface area contributed by atoms with Crippen molar-refractivity contribution in [3.8, 4) is 11.5 Å². The van der Waals surface area contributed by atoms with Crippen molar-refractivity contribution in [2.75, 3.05) is 19.0 Å². The molecule has 1 aromatic heterocycles. The Morgan fingerprint density at radius 1 is 0.941 bits per heavy atom. The van der Waals surface area contributed by atoms with Gasteiger partial charge in [0.15, 0.2) is 6.61 Å². The third-order valence-electron chi connectivity index (χ3n) is 5.21. The van der Waals surface area contributed by atoms with Crippen LogP contribution in [0.25, 0.3) is 21.9 Å². The van der Waals surface area contributed by atoms with Gasteiger partial charge in [-0.3, -0.25) is 9.59 Å². The molecule has 0 bridgehead atoms. The van der Waals surface area contributed by atoms with Gasteiger partial charge < -0.3 is 19.2 Å². The summed E-state index contributed by atoms with van der Waals surface area (Å²) in [5.41, 5.74) is 5.66. The number of fused-ring (bicyclic) bond motifs is 3. The quantitative estimate of drug-likeness (QED) is 0.291. The van der Waals surface area contributed by atoms with E-state index in [9.17, 15) is 9.59 Å². The monoisotopic (exact) mass is 459 g/mol. The average Bonchev–Trinajstić information content (AvgIpc) is 3.19. The number of anilines is 1. The molecule has 0 aliphatic carbocycles. The van der Waals surface area contributed by atoms with E-state index in [0.29, 0.717) is 28.5 Å². The number of hydrogen-bond acceptors (Lipinski definition) is 6. The predicted octanol–water partition coefficient (Wildman–Crippen LogP) is 4.80. The number of carbonyl (C=O) groups is 2. The molecule has 8 nitrogen and oxygen atoms in total. The molecule has 34 heavy (non-hydrogen) atoms. The first-order chi connectivity index (χ1) is 16.4. The molecule has 0 aliphatic heterocycles. The smallest absolute Gasteiger partial charge is 0.277 e. The van der Waals surface area contributed by atoms with Crippen LogP contribution in [0.1, 0.15) is 18.9 Å². The fourth-order valence-corrected chi connectivity index (χ4v) is 3.54. The average molecular weight is 460 g/mol. The lowest BCUT2D eigenvalue weighted by Gasteiger charge is -2.10. The summed E-state index contributed by atoms with van der Waals surface area (Å²) in [6, 6.07) is 18.7. The van der Waals surface area contributed by atoms with Crippen molar-refractivity contribution in [2.24, 2.45) is 5.10 Å². The second-order valence-corrected chi connectivity index (χ2v) is 7.81. The first-order valence-electron chi connectivity index (χ1n) is 10.7. The number of furan rings is 1. The van der Waals surface area contributed by atoms with Gasteiger partial charge in [0.2, 0.25) is 5.91 Å². The molecule has 0 atom stereocenters. The molecule has 0 spiro atoms. The molecule has 4 aromatic rings. The highest BCUT2D eigenvalue weighted by Crippen LogP contribution is 2.36. The van der Waals surface area contributed by atoms with E-state index >= 15 is 0 Å². The fourth-order valence-electron chi connectivity index (χ4n) is 3.54. The van der Waals surface area contributed by atoms with E-state index in [1.165, 1.54) is 0 Å². The molecule has 4 rings (SSSR count). The van der Waals surface area contributed by atoms with Crippen LogP contribution < -0.4 is 20.2 Å². The minimum atomic E-state index is -0.417. The third kappa shape index (κ3) is 5.17. The van der Waals surface area contributed by atoms with Crippen LogP contribution in [0.5, 0.6) is 11.5 Å². The van der Waals surface area contributed by atoms with Crippen molar-refractivity contribution in [3.05, 3.63) is 66.2 Å². The van der Waals surface area contributed by atoms with Gasteiger partial charge in [-0.05, 0) is 37.6 Å². The van der Waals surface area contributed by atoms with Crippen LogP contribution in [-0.2, 0) is 9.59 Å². The Morgan fingerprint density at radius 2 is 1.71 bits per heavy atom. The molecular formula is C26H25N3O5. The highest BCUT2D eigenvalue weighted by atomic mass is 16.5. The Bertz CT molecular complexity index is 1390. The maximum Gasteiger partial charge on any atom is 0.277 e. The van der Waals surface area contributed by atoms with Gasteiger partial charge in [0.25, 0.3) is 5.91 Å². The first kappa shape index (κ1) is 22.8. The van der Waals surface area contributed by atoms with Gasteiger partial charge in [-0.25, -0.2) is 5.43 Å². The minimum absolute atomic E-state index is 0.0136. The van der Waals surface area contributed by atoms with E-state index in [1.807, 2.05) is 55.5 Å². The Labute approximate surface area is 196 Å². The van der Waals surface area contributed by atoms with Crippen LogP contribution >= 0.6 is 0 Å². The molecule has 2 amide bonds. The summed E-state index contributed by atoms with van der Waals surface area (Å²) < 4.78 is 16.9. The minimum Gasteiger partial charge on any atom is -0.495 e. The predicted molar refractivity (Wildman–Crippen MR) is 131 cm³/mol. The van der Waals surface area contributed by atoms with Crippen LogP contribution in [0.2, 0.25) is 0 Å². The zero-order chi connectivity index (χ0) is 24.1. The van der Waals surface area contributed by atoms with E-state index in [0.717, 1.165) is 21.9 Å². The van der Waals surface area contributed by atoms with Crippen molar-refractivity contribution in [3.63, 3.8) is 0 Å². The van der Waals surface area contributed by atoms with E-state index in [-0.39, 0.29) is 18.9 Å². The highest BCUT2D eigenvalue weighted by Gasteiger charge is 2.15.